The summed E-state index contributed by atoms with van der Waals surface area (Å²) in [6.07, 6.45) is 0.411. The molecule has 15 heavy (non-hydrogen) atoms. The number of nitrogens with one attached hydrogen (secondary N) is 1. The zero-order valence-electron chi connectivity index (χ0n) is 7.85. The molecule has 0 spiro atoms. The predicted molar refractivity (Wildman–Crippen MR) is 60.3 cm³/mol. The van der Waals surface area contributed by atoms with Gasteiger partial charge >= 0.3 is 0 Å². The molecule has 0 fully saturated rings. The normalized spacial score (nSPS) is 10.5. The van der Waals surface area contributed by atoms with E-state index in [4.69, 9.17) is 0 Å². The quantitative estimate of drug-likeness (QED) is 0.854. The van der Waals surface area contributed by atoms with Crippen LogP contribution in [0.1, 0.15) is 6.42 Å². The average molecular weight is 269 g/mol. The first-order chi connectivity index (χ1) is 7.31. The van der Waals surface area contributed by atoms with Gasteiger partial charge in [-0.15, -0.1) is 5.10 Å². The molecule has 0 unspecified atom stereocenters. The summed E-state index contributed by atoms with van der Waals surface area (Å²) in [6.45, 7) is 0. The highest BCUT2D eigenvalue weighted by atomic mass is 79.9. The summed E-state index contributed by atoms with van der Waals surface area (Å²) in [5.74, 6) is -0.0949. The summed E-state index contributed by atoms with van der Waals surface area (Å²) in [6, 6.07) is 7.44. The van der Waals surface area contributed by atoms with Crippen molar-refractivity contribution in [3.63, 3.8) is 0 Å². The lowest BCUT2D eigenvalue weighted by Crippen LogP contribution is -2.23. The molecule has 1 N–H and O–H groups in total. The van der Waals surface area contributed by atoms with Crippen molar-refractivity contribution in [1.29, 1.82) is 0 Å². The van der Waals surface area contributed by atoms with Gasteiger partial charge in [0, 0.05) is 11.8 Å². The van der Waals surface area contributed by atoms with Gasteiger partial charge in [-0.25, -0.2) is 5.43 Å². The summed E-state index contributed by atoms with van der Waals surface area (Å²) in [5.41, 5.74) is 4.19. The van der Waals surface area contributed by atoms with Gasteiger partial charge in [0.25, 0.3) is 0 Å². The summed E-state index contributed by atoms with van der Waals surface area (Å²) >= 11 is 3.20. The van der Waals surface area contributed by atoms with Crippen LogP contribution in [0.25, 0.3) is 11.0 Å². The summed E-state index contributed by atoms with van der Waals surface area (Å²) in [4.78, 5) is 12.7. The van der Waals surface area contributed by atoms with Crippen molar-refractivity contribution in [3.05, 3.63) is 24.3 Å². The van der Waals surface area contributed by atoms with Gasteiger partial charge in [0.05, 0.1) is 0 Å². The van der Waals surface area contributed by atoms with Crippen LogP contribution in [-0.2, 0) is 4.79 Å². The Morgan fingerprint density at radius 3 is 3.07 bits per heavy atom. The molecule has 6 heteroatoms. The lowest BCUT2D eigenvalue weighted by atomic mass is 10.3. The molecule has 0 aliphatic rings. The number of fused-ring (bicyclic) bond motifs is 1. The van der Waals surface area contributed by atoms with Gasteiger partial charge in [-0.1, -0.05) is 28.1 Å². The van der Waals surface area contributed by atoms with Gasteiger partial charge in [-0.05, 0) is 17.3 Å². The Bertz CT molecular complexity index is 482. The van der Waals surface area contributed by atoms with E-state index in [1.54, 1.807) is 0 Å². The molecule has 78 valence electrons. The van der Waals surface area contributed by atoms with Gasteiger partial charge < -0.3 is 0 Å². The predicted octanol–water partition coefficient (Wildman–Crippen LogP) is 1.29. The molecule has 1 amide bonds. The van der Waals surface area contributed by atoms with Crippen LogP contribution in [0.2, 0.25) is 0 Å². The van der Waals surface area contributed by atoms with Crippen LogP contribution in [0.5, 0.6) is 0 Å². The number of hydrogen-bond donors (Lipinski definition) is 1. The Kier molecular flexibility index (Phi) is 2.96. The number of aromatic nitrogens is 3. The van der Waals surface area contributed by atoms with Crippen LogP contribution in [0.3, 0.4) is 0 Å². The third-order valence-corrected chi connectivity index (χ3v) is 2.30. The molecule has 0 saturated heterocycles. The fourth-order valence-corrected chi connectivity index (χ4v) is 1.57. The summed E-state index contributed by atoms with van der Waals surface area (Å²) in [5, 5.41) is 8.39. The van der Waals surface area contributed by atoms with Crippen LogP contribution in [0, 0.1) is 0 Å². The third-order valence-electron chi connectivity index (χ3n) is 1.90. The Morgan fingerprint density at radius 1 is 1.47 bits per heavy atom. The van der Waals surface area contributed by atoms with Crippen LogP contribution in [0.4, 0.5) is 0 Å². The molecule has 0 radical (unpaired) electrons. The van der Waals surface area contributed by atoms with E-state index in [0.29, 0.717) is 11.8 Å². The highest BCUT2D eigenvalue weighted by Gasteiger charge is 2.05. The number of hydrogen-bond acceptors (Lipinski definition) is 3. The number of carbonyl (C=O) groups excluding carboxylic acids is 1. The largest absolute Gasteiger partial charge is 0.273 e. The Balaban J connectivity index is 2.25. The third kappa shape index (κ3) is 2.15. The minimum atomic E-state index is -0.0949. The van der Waals surface area contributed by atoms with Crippen LogP contribution < -0.4 is 5.43 Å². The number of carbonyl (C=O) groups is 1. The SMILES string of the molecule is O=C(CCBr)Nn1nnc2ccccc21. The number of halogens is 1. The Morgan fingerprint density at radius 2 is 2.27 bits per heavy atom. The first kappa shape index (κ1) is 10.1. The molecule has 0 aliphatic heterocycles. The van der Waals surface area contributed by atoms with E-state index in [9.17, 15) is 4.79 Å². The van der Waals surface area contributed by atoms with Gasteiger partial charge in [0.15, 0.2) is 0 Å². The first-order valence-electron chi connectivity index (χ1n) is 4.47. The second-order valence-electron chi connectivity index (χ2n) is 2.96. The van der Waals surface area contributed by atoms with Gasteiger partial charge in [0.1, 0.15) is 11.0 Å². The smallest absolute Gasteiger partial charge is 0.240 e. The average Bonchev–Trinajstić information content (AvgIpc) is 2.62. The van der Waals surface area contributed by atoms with Crippen molar-refractivity contribution in [2.75, 3.05) is 10.8 Å². The van der Waals surface area contributed by atoms with Crippen molar-refractivity contribution >= 4 is 32.9 Å². The van der Waals surface area contributed by atoms with Crippen LogP contribution in [0.15, 0.2) is 24.3 Å². The number of para-hydroxylation sites is 1. The maximum absolute atomic E-state index is 11.3. The fraction of sp³-hybridized carbons (Fsp3) is 0.222. The number of nitrogens with zero attached hydrogens (tertiary/aromatic N) is 3. The minimum absolute atomic E-state index is 0.0949. The van der Waals surface area contributed by atoms with Crippen molar-refractivity contribution in [3.8, 4) is 0 Å². The zero-order chi connectivity index (χ0) is 10.7. The molecular formula is C9H9BrN4O. The first-order valence-corrected chi connectivity index (χ1v) is 5.59. The second-order valence-corrected chi connectivity index (χ2v) is 3.76. The molecule has 0 atom stereocenters. The minimum Gasteiger partial charge on any atom is -0.273 e. The molecule has 2 rings (SSSR count). The van der Waals surface area contributed by atoms with Crippen molar-refractivity contribution in [2.45, 2.75) is 6.42 Å². The molecule has 0 aliphatic carbocycles. The van der Waals surface area contributed by atoms with Gasteiger partial charge in [-0.2, -0.15) is 4.79 Å². The zero-order valence-corrected chi connectivity index (χ0v) is 9.44. The van der Waals surface area contributed by atoms with E-state index >= 15 is 0 Å². The number of amides is 1. The molecular weight excluding hydrogens is 260 g/mol. The van der Waals surface area contributed by atoms with E-state index in [2.05, 4.69) is 31.7 Å². The van der Waals surface area contributed by atoms with E-state index in [0.717, 1.165) is 11.0 Å². The topological polar surface area (TPSA) is 59.8 Å². The standard InChI is InChI=1S/C9H9BrN4O/c10-6-5-9(15)12-14-8-4-2-1-3-7(8)11-13-14/h1-4H,5-6H2,(H,12,15). The monoisotopic (exact) mass is 268 g/mol. The fourth-order valence-electron chi connectivity index (χ4n) is 1.21. The summed E-state index contributed by atoms with van der Waals surface area (Å²) in [7, 11) is 0. The van der Waals surface area contributed by atoms with Crippen molar-refractivity contribution in [2.24, 2.45) is 0 Å². The number of benzene rings is 1. The summed E-state index contributed by atoms with van der Waals surface area (Å²) < 4.78 is 0. The molecule has 5 nitrogen and oxygen atoms in total. The Hall–Kier alpha value is -1.43. The van der Waals surface area contributed by atoms with E-state index in [1.807, 2.05) is 24.3 Å². The molecule has 0 saturated carbocycles. The van der Waals surface area contributed by atoms with Crippen molar-refractivity contribution < 1.29 is 4.79 Å². The van der Waals surface area contributed by atoms with Crippen molar-refractivity contribution in [1.82, 2.24) is 15.1 Å². The maximum Gasteiger partial charge on any atom is 0.240 e. The highest BCUT2D eigenvalue weighted by Crippen LogP contribution is 2.07. The van der Waals surface area contributed by atoms with Gasteiger partial charge in [-0.3, -0.25) is 4.79 Å². The molecule has 2 aromatic rings. The Labute approximate surface area is 94.6 Å². The lowest BCUT2D eigenvalue weighted by molar-refractivity contribution is -0.116. The van der Waals surface area contributed by atoms with Crippen LogP contribution in [-0.4, -0.2) is 26.3 Å². The highest BCUT2D eigenvalue weighted by molar-refractivity contribution is 9.09. The number of rotatable bonds is 3. The van der Waals surface area contributed by atoms with Gasteiger partial charge in [0.2, 0.25) is 5.91 Å². The number of alkyl halides is 1. The molecule has 1 aromatic heterocycles. The van der Waals surface area contributed by atoms with Crippen LogP contribution >= 0.6 is 15.9 Å². The molecule has 1 heterocycles. The second kappa shape index (κ2) is 4.39. The van der Waals surface area contributed by atoms with E-state index < -0.39 is 0 Å². The lowest BCUT2D eigenvalue weighted by Gasteiger charge is -2.02. The molecule has 0 bridgehead atoms. The molecule has 1 aromatic carbocycles. The van der Waals surface area contributed by atoms with E-state index in [-0.39, 0.29) is 5.91 Å². The van der Waals surface area contributed by atoms with E-state index in [1.165, 1.54) is 4.79 Å². The maximum atomic E-state index is 11.3.